The first-order valence-corrected chi connectivity index (χ1v) is 29.5. The molecule has 2 N–H and O–H groups in total. The normalized spacial score (nSPS) is 12.4. The summed E-state index contributed by atoms with van der Waals surface area (Å²) in [4.78, 5) is 21.1. The molecule has 410 valence electrons. The van der Waals surface area contributed by atoms with Crippen molar-refractivity contribution in [2.75, 3.05) is 0 Å². The van der Waals surface area contributed by atoms with Crippen molar-refractivity contribution < 1.29 is 0 Å². The Morgan fingerprint density at radius 1 is 0.214 bits per heavy atom. The van der Waals surface area contributed by atoms with Gasteiger partial charge in [-0.05, 0) is 196 Å². The lowest BCUT2D eigenvalue weighted by Crippen LogP contribution is -1.98. The third-order valence-corrected chi connectivity index (χ3v) is 17.2. The first kappa shape index (κ1) is 53.7. The van der Waals surface area contributed by atoms with Crippen molar-refractivity contribution in [2.45, 2.75) is 83.1 Å². The molecule has 8 aromatic carbocycles. The fourth-order valence-corrected chi connectivity index (χ4v) is 14.4. The van der Waals surface area contributed by atoms with Crippen molar-refractivity contribution >= 4 is 44.4 Å². The summed E-state index contributed by atoms with van der Waals surface area (Å²) in [5.41, 5.74) is 39.3. The van der Waals surface area contributed by atoms with Gasteiger partial charge >= 0.3 is 0 Å². The molecule has 8 bridgehead atoms. The maximum Gasteiger partial charge on any atom is 0.0822 e. The van der Waals surface area contributed by atoms with Crippen LogP contribution >= 0.6 is 0 Å². The molecule has 3 aromatic heterocycles. The number of rotatable bonds is 8. The van der Waals surface area contributed by atoms with Gasteiger partial charge in [0, 0.05) is 66.6 Å². The number of hydrogen-bond acceptors (Lipinski definition) is 2. The average Bonchev–Trinajstić information content (AvgIpc) is 3.91. The van der Waals surface area contributed by atoms with Crippen LogP contribution in [0, 0.1) is 83.1 Å². The lowest BCUT2D eigenvalue weighted by molar-refractivity contribution is 1.26. The lowest BCUT2D eigenvalue weighted by Gasteiger charge is -2.18. The van der Waals surface area contributed by atoms with Crippen molar-refractivity contribution in [1.29, 1.82) is 0 Å². The number of aromatic nitrogens is 4. The van der Waals surface area contributed by atoms with Gasteiger partial charge in [0.25, 0.3) is 0 Å². The molecule has 0 radical (unpaired) electrons. The molecule has 0 unspecified atom stereocenters. The van der Waals surface area contributed by atoms with Crippen LogP contribution in [0.15, 0.2) is 194 Å². The number of nitrogens with one attached hydrogen (secondary N) is 2. The number of aromatic amines is 2. The molecule has 5 heterocycles. The second kappa shape index (κ2) is 21.3. The number of fused-ring (bicyclic) bond motifs is 8. The molecule has 13 rings (SSSR count). The zero-order valence-corrected chi connectivity index (χ0v) is 50.4. The van der Waals surface area contributed by atoms with Crippen LogP contribution in [0.3, 0.4) is 0 Å². The molecule has 2 aliphatic rings. The second-order valence-electron chi connectivity index (χ2n) is 23.7. The summed E-state index contributed by atoms with van der Waals surface area (Å²) in [5.74, 6) is 0. The van der Waals surface area contributed by atoms with Gasteiger partial charge in [-0.15, -0.1) is 0 Å². The Labute approximate surface area is 495 Å². The van der Waals surface area contributed by atoms with E-state index in [1.54, 1.807) is 0 Å². The van der Waals surface area contributed by atoms with Gasteiger partial charge in [-0.2, -0.15) is 0 Å². The average molecular weight is 1090 g/mol. The van der Waals surface area contributed by atoms with Gasteiger partial charge in [0.2, 0.25) is 0 Å². The molecule has 0 fully saturated rings. The maximum absolute atomic E-state index is 6.29. The summed E-state index contributed by atoms with van der Waals surface area (Å²) < 4.78 is 0. The van der Waals surface area contributed by atoms with E-state index in [-0.39, 0.29) is 0 Å². The summed E-state index contributed by atoms with van der Waals surface area (Å²) in [6, 6.07) is 71.7. The van der Waals surface area contributed by atoms with Gasteiger partial charge in [0.05, 0.1) is 22.8 Å². The van der Waals surface area contributed by atoms with Gasteiger partial charge in [-0.3, -0.25) is 0 Å². The largest absolute Gasteiger partial charge is 0.354 e. The van der Waals surface area contributed by atoms with Crippen LogP contribution in [0.4, 0.5) is 0 Å². The SMILES string of the molecule is Cc1cc(C)c(-c2c3nc(c(-c4c(C)cc(C)cc4C)c4ccc([nH]4)c(-c4c(C)cc(C)cc4C)c4nc(c(-c5c(C)cc(C)cc5C)c5ccc2[nH]5)C(c2ccccc2)=C4c2ccccc2)C(c2ccccc2)=C3c2ccccc2)c(C)c1. The molecule has 0 saturated heterocycles. The van der Waals surface area contributed by atoms with Gasteiger partial charge in [0.15, 0.2) is 0 Å². The van der Waals surface area contributed by atoms with Crippen molar-refractivity contribution in [3.05, 3.63) is 306 Å². The Morgan fingerprint density at radius 2 is 0.393 bits per heavy atom. The molecule has 11 aromatic rings. The quantitative estimate of drug-likeness (QED) is 0.159. The van der Waals surface area contributed by atoms with Crippen LogP contribution in [0.5, 0.6) is 0 Å². The Balaban J connectivity index is 1.39. The fourth-order valence-electron chi connectivity index (χ4n) is 14.4. The van der Waals surface area contributed by atoms with Gasteiger partial charge in [-0.25, -0.2) is 9.97 Å². The Hall–Kier alpha value is -9.64. The predicted molar refractivity (Wildman–Crippen MR) is 355 cm³/mol. The van der Waals surface area contributed by atoms with E-state index in [0.717, 1.165) is 134 Å². The fraction of sp³-hybridized carbons (Fsp3) is 0.150. The van der Waals surface area contributed by atoms with E-state index in [1.165, 1.54) is 66.8 Å². The van der Waals surface area contributed by atoms with Crippen molar-refractivity contribution in [3.63, 3.8) is 0 Å². The van der Waals surface area contributed by atoms with E-state index >= 15 is 0 Å². The van der Waals surface area contributed by atoms with E-state index in [2.05, 4.69) is 287 Å². The topological polar surface area (TPSA) is 57.4 Å². The molecule has 2 aliphatic heterocycles. The molecule has 4 heteroatoms. The predicted octanol–water partition coefficient (Wildman–Crippen LogP) is 20.7. The van der Waals surface area contributed by atoms with Crippen LogP contribution in [0.1, 0.15) is 112 Å². The highest BCUT2D eigenvalue weighted by atomic mass is 14.8. The zero-order valence-electron chi connectivity index (χ0n) is 50.4. The van der Waals surface area contributed by atoms with Crippen LogP contribution in [-0.2, 0) is 0 Å². The lowest BCUT2D eigenvalue weighted by atomic mass is 9.85. The molecule has 0 aliphatic carbocycles. The van der Waals surface area contributed by atoms with Crippen LogP contribution in [0.2, 0.25) is 0 Å². The minimum Gasteiger partial charge on any atom is -0.354 e. The number of nitrogens with zero attached hydrogens (tertiary/aromatic N) is 2. The smallest absolute Gasteiger partial charge is 0.0822 e. The molecule has 0 spiro atoms. The molecule has 0 amide bonds. The minimum absolute atomic E-state index is 0.907. The third-order valence-electron chi connectivity index (χ3n) is 17.2. The van der Waals surface area contributed by atoms with Crippen LogP contribution < -0.4 is 0 Å². The van der Waals surface area contributed by atoms with Crippen molar-refractivity contribution in [1.82, 2.24) is 19.9 Å². The van der Waals surface area contributed by atoms with Gasteiger partial charge in [0.1, 0.15) is 0 Å². The van der Waals surface area contributed by atoms with Crippen LogP contribution in [0.25, 0.3) is 88.9 Å². The number of aryl methyl sites for hydroxylation is 12. The standard InChI is InChI=1S/C80H70N4/c1-45-37-49(5)65(50(6)38-45)73-61-33-34-62(81-61)74(66-51(7)39-46(2)40-52(66)8)79-71(59-29-21-15-22-30-59)72(60-31-23-16-24-32-60)80(84-79)76(68-55(11)43-48(4)44-56(68)12)64-36-35-63(82-64)75(67-53(9)41-47(3)42-54(67)10)78-70(58-27-19-14-20-28-58)69(77(73)83-78)57-25-17-13-18-26-57/h13-44,81-82H,1-12H3. The van der Waals surface area contributed by atoms with Gasteiger partial charge < -0.3 is 9.97 Å². The van der Waals surface area contributed by atoms with E-state index in [0.29, 0.717) is 0 Å². The number of hydrogen-bond donors (Lipinski definition) is 2. The first-order chi connectivity index (χ1) is 40.6. The highest BCUT2D eigenvalue weighted by molar-refractivity contribution is 6.16. The molecular weight excluding hydrogens is 1020 g/mol. The van der Waals surface area contributed by atoms with E-state index in [1.807, 2.05) is 0 Å². The third kappa shape index (κ3) is 9.18. The highest BCUT2D eigenvalue weighted by Crippen LogP contribution is 2.52. The summed E-state index contributed by atoms with van der Waals surface area (Å²) in [6.07, 6.45) is 0. The van der Waals surface area contributed by atoms with Crippen molar-refractivity contribution in [3.8, 4) is 44.5 Å². The Kier molecular flexibility index (Phi) is 13.6. The first-order valence-electron chi connectivity index (χ1n) is 29.5. The summed E-state index contributed by atoms with van der Waals surface area (Å²) in [6.45, 7) is 26.9. The monoisotopic (exact) mass is 1090 g/mol. The molecule has 0 saturated carbocycles. The molecular formula is C80H70N4. The number of H-pyrrole nitrogens is 2. The van der Waals surface area contributed by atoms with E-state index < -0.39 is 0 Å². The van der Waals surface area contributed by atoms with Crippen LogP contribution in [-0.4, -0.2) is 19.9 Å². The highest BCUT2D eigenvalue weighted by Gasteiger charge is 2.34. The molecule has 0 atom stereocenters. The van der Waals surface area contributed by atoms with E-state index in [9.17, 15) is 0 Å². The second-order valence-corrected chi connectivity index (χ2v) is 23.7. The van der Waals surface area contributed by atoms with Gasteiger partial charge in [-0.1, -0.05) is 192 Å². The molecule has 84 heavy (non-hydrogen) atoms. The maximum atomic E-state index is 6.29. The van der Waals surface area contributed by atoms with E-state index in [4.69, 9.17) is 9.97 Å². The zero-order chi connectivity index (χ0) is 58.2. The minimum atomic E-state index is 0.907. The molecule has 4 nitrogen and oxygen atoms in total. The summed E-state index contributed by atoms with van der Waals surface area (Å²) >= 11 is 0. The Bertz CT molecular complexity index is 4050. The van der Waals surface area contributed by atoms with Crippen molar-refractivity contribution in [2.24, 2.45) is 0 Å². The number of benzene rings is 8. The summed E-state index contributed by atoms with van der Waals surface area (Å²) in [5, 5.41) is 0. The Morgan fingerprint density at radius 3 is 0.571 bits per heavy atom. The summed E-state index contributed by atoms with van der Waals surface area (Å²) in [7, 11) is 0.